The van der Waals surface area contributed by atoms with Crippen LogP contribution in [0.4, 0.5) is 0 Å². The Kier molecular flexibility index (Phi) is 5.29. The molecule has 4 heteroatoms. The van der Waals surface area contributed by atoms with Crippen molar-refractivity contribution in [2.75, 3.05) is 13.1 Å². The average Bonchev–Trinajstić information content (AvgIpc) is 2.52. The number of nitrogens with zero attached hydrogens (tertiary/aromatic N) is 2. The van der Waals surface area contributed by atoms with E-state index in [4.69, 9.17) is 11.6 Å². The number of aryl methyl sites for hydroxylation is 1. The molecule has 92 valence electrons. The quantitative estimate of drug-likeness (QED) is 0.832. The number of likely N-dealkylation sites (N-methyl/N-ethyl adjacent to an activating group) is 1. The standard InChI is InChI=1S/C12H22ClN3/c1-5-7-11(8-14-6-2)16-10(4)12(13)9(3)15-16/h11,14H,5-8H2,1-4H3. The topological polar surface area (TPSA) is 29.9 Å². The summed E-state index contributed by atoms with van der Waals surface area (Å²) in [6.45, 7) is 10.3. The molecule has 1 rings (SSSR count). The Morgan fingerprint density at radius 1 is 1.38 bits per heavy atom. The fraction of sp³-hybridized carbons (Fsp3) is 0.750. The van der Waals surface area contributed by atoms with E-state index in [1.807, 2.05) is 13.8 Å². The van der Waals surface area contributed by atoms with Crippen molar-refractivity contribution in [2.45, 2.75) is 46.6 Å². The minimum atomic E-state index is 0.413. The molecule has 1 atom stereocenters. The highest BCUT2D eigenvalue weighted by Gasteiger charge is 2.16. The average molecular weight is 244 g/mol. The first-order chi connectivity index (χ1) is 7.61. The van der Waals surface area contributed by atoms with Crippen LogP contribution >= 0.6 is 11.6 Å². The summed E-state index contributed by atoms with van der Waals surface area (Å²) in [6.07, 6.45) is 2.29. The van der Waals surface area contributed by atoms with Crippen LogP contribution in [0.25, 0.3) is 0 Å². The summed E-state index contributed by atoms with van der Waals surface area (Å²) >= 11 is 6.17. The number of hydrogen-bond donors (Lipinski definition) is 1. The van der Waals surface area contributed by atoms with Crippen LogP contribution in [0.2, 0.25) is 5.02 Å². The van der Waals surface area contributed by atoms with Gasteiger partial charge in [0.25, 0.3) is 0 Å². The maximum absolute atomic E-state index is 6.17. The monoisotopic (exact) mass is 243 g/mol. The lowest BCUT2D eigenvalue weighted by Crippen LogP contribution is -2.26. The van der Waals surface area contributed by atoms with Gasteiger partial charge < -0.3 is 5.32 Å². The first-order valence-electron chi connectivity index (χ1n) is 6.03. The highest BCUT2D eigenvalue weighted by molar-refractivity contribution is 6.31. The van der Waals surface area contributed by atoms with Crippen LogP contribution in [0, 0.1) is 13.8 Å². The highest BCUT2D eigenvalue weighted by Crippen LogP contribution is 2.24. The predicted molar refractivity (Wildman–Crippen MR) is 69.2 cm³/mol. The molecule has 0 aliphatic carbocycles. The lowest BCUT2D eigenvalue weighted by molar-refractivity contribution is 0.391. The van der Waals surface area contributed by atoms with Crippen LogP contribution in [-0.2, 0) is 0 Å². The van der Waals surface area contributed by atoms with Gasteiger partial charge in [-0.15, -0.1) is 0 Å². The molecule has 0 aliphatic rings. The smallest absolute Gasteiger partial charge is 0.0844 e. The molecule has 0 spiro atoms. The summed E-state index contributed by atoms with van der Waals surface area (Å²) in [5, 5.41) is 8.71. The van der Waals surface area contributed by atoms with Crippen LogP contribution in [0.3, 0.4) is 0 Å². The van der Waals surface area contributed by atoms with Crippen molar-refractivity contribution in [1.82, 2.24) is 15.1 Å². The summed E-state index contributed by atoms with van der Waals surface area (Å²) in [7, 11) is 0. The number of hydrogen-bond acceptors (Lipinski definition) is 2. The highest BCUT2D eigenvalue weighted by atomic mass is 35.5. The van der Waals surface area contributed by atoms with Crippen molar-refractivity contribution in [3.8, 4) is 0 Å². The van der Waals surface area contributed by atoms with Gasteiger partial charge >= 0.3 is 0 Å². The largest absolute Gasteiger partial charge is 0.315 e. The lowest BCUT2D eigenvalue weighted by Gasteiger charge is -2.18. The van der Waals surface area contributed by atoms with Gasteiger partial charge in [-0.3, -0.25) is 4.68 Å². The van der Waals surface area contributed by atoms with Crippen molar-refractivity contribution in [2.24, 2.45) is 0 Å². The first kappa shape index (κ1) is 13.5. The minimum Gasteiger partial charge on any atom is -0.315 e. The lowest BCUT2D eigenvalue weighted by atomic mass is 10.1. The Morgan fingerprint density at radius 2 is 2.06 bits per heavy atom. The van der Waals surface area contributed by atoms with E-state index in [2.05, 4.69) is 28.9 Å². The molecule has 1 unspecified atom stereocenters. The van der Waals surface area contributed by atoms with Crippen molar-refractivity contribution in [3.63, 3.8) is 0 Å². The maximum Gasteiger partial charge on any atom is 0.0844 e. The molecule has 0 radical (unpaired) electrons. The van der Waals surface area contributed by atoms with Crippen LogP contribution in [0.5, 0.6) is 0 Å². The van der Waals surface area contributed by atoms with Gasteiger partial charge in [-0.25, -0.2) is 0 Å². The van der Waals surface area contributed by atoms with Gasteiger partial charge in [0.05, 0.1) is 22.5 Å². The minimum absolute atomic E-state index is 0.413. The third-order valence-corrected chi connectivity index (χ3v) is 3.38. The molecule has 1 aromatic heterocycles. The van der Waals surface area contributed by atoms with Gasteiger partial charge in [-0.1, -0.05) is 31.9 Å². The third kappa shape index (κ3) is 2.98. The summed E-state index contributed by atoms with van der Waals surface area (Å²) < 4.78 is 2.07. The Morgan fingerprint density at radius 3 is 2.50 bits per heavy atom. The second kappa shape index (κ2) is 6.26. The zero-order valence-electron chi connectivity index (χ0n) is 10.7. The van der Waals surface area contributed by atoms with E-state index in [0.29, 0.717) is 6.04 Å². The Bertz CT molecular complexity index is 333. The molecular formula is C12H22ClN3. The molecule has 3 nitrogen and oxygen atoms in total. The molecule has 0 saturated carbocycles. The van der Waals surface area contributed by atoms with E-state index in [9.17, 15) is 0 Å². The van der Waals surface area contributed by atoms with Gasteiger partial charge in [-0.2, -0.15) is 5.10 Å². The van der Waals surface area contributed by atoms with Crippen LogP contribution in [0.1, 0.15) is 44.1 Å². The summed E-state index contributed by atoms with van der Waals surface area (Å²) in [6, 6.07) is 0.413. The molecule has 0 fully saturated rings. The van der Waals surface area contributed by atoms with Gasteiger partial charge in [0.15, 0.2) is 0 Å². The normalized spacial score (nSPS) is 13.1. The molecule has 1 aromatic rings. The molecule has 16 heavy (non-hydrogen) atoms. The molecule has 0 aromatic carbocycles. The summed E-state index contributed by atoms with van der Waals surface area (Å²) in [5.74, 6) is 0. The molecule has 0 aliphatic heterocycles. The van der Waals surface area contributed by atoms with Crippen molar-refractivity contribution in [1.29, 1.82) is 0 Å². The third-order valence-electron chi connectivity index (χ3n) is 2.83. The number of rotatable bonds is 6. The summed E-state index contributed by atoms with van der Waals surface area (Å²) in [4.78, 5) is 0. The Hall–Kier alpha value is -0.540. The predicted octanol–water partition coefficient (Wildman–Crippen LogP) is 3.10. The number of halogens is 1. The fourth-order valence-electron chi connectivity index (χ4n) is 1.95. The van der Waals surface area contributed by atoms with E-state index in [1.54, 1.807) is 0 Å². The van der Waals surface area contributed by atoms with Gasteiger partial charge in [0, 0.05) is 6.54 Å². The van der Waals surface area contributed by atoms with Crippen LogP contribution in [0.15, 0.2) is 0 Å². The van der Waals surface area contributed by atoms with E-state index < -0.39 is 0 Å². The Labute approximate surface area is 103 Å². The fourth-order valence-corrected chi connectivity index (χ4v) is 2.08. The zero-order chi connectivity index (χ0) is 12.1. The molecule has 0 bridgehead atoms. The van der Waals surface area contributed by atoms with Gasteiger partial charge in [-0.05, 0) is 26.8 Å². The maximum atomic E-state index is 6.17. The van der Waals surface area contributed by atoms with Crippen LogP contribution in [-0.4, -0.2) is 22.9 Å². The van der Waals surface area contributed by atoms with E-state index in [0.717, 1.165) is 42.3 Å². The SMILES string of the molecule is CCCC(CNCC)n1nc(C)c(Cl)c1C. The molecule has 0 saturated heterocycles. The second-order valence-corrected chi connectivity index (χ2v) is 4.56. The molecule has 1 N–H and O–H groups in total. The van der Waals surface area contributed by atoms with Crippen LogP contribution < -0.4 is 5.32 Å². The summed E-state index contributed by atoms with van der Waals surface area (Å²) in [5.41, 5.74) is 2.01. The van der Waals surface area contributed by atoms with Crippen molar-refractivity contribution >= 4 is 11.6 Å². The number of aromatic nitrogens is 2. The van der Waals surface area contributed by atoms with Crippen molar-refractivity contribution in [3.05, 3.63) is 16.4 Å². The zero-order valence-corrected chi connectivity index (χ0v) is 11.4. The van der Waals surface area contributed by atoms with Gasteiger partial charge in [0.2, 0.25) is 0 Å². The van der Waals surface area contributed by atoms with E-state index in [1.165, 1.54) is 0 Å². The molecular weight excluding hydrogens is 222 g/mol. The molecule has 1 heterocycles. The van der Waals surface area contributed by atoms with Crippen molar-refractivity contribution < 1.29 is 0 Å². The van der Waals surface area contributed by atoms with E-state index in [-0.39, 0.29) is 0 Å². The second-order valence-electron chi connectivity index (χ2n) is 4.18. The van der Waals surface area contributed by atoms with Gasteiger partial charge in [0.1, 0.15) is 0 Å². The molecule has 0 amide bonds. The van der Waals surface area contributed by atoms with E-state index >= 15 is 0 Å². The Balaban J connectivity index is 2.87. The first-order valence-corrected chi connectivity index (χ1v) is 6.41. The number of nitrogens with one attached hydrogen (secondary N) is 1.